The summed E-state index contributed by atoms with van der Waals surface area (Å²) in [4.78, 5) is 28.9. The molecule has 0 bridgehead atoms. The fourth-order valence-electron chi connectivity index (χ4n) is 6.59. The summed E-state index contributed by atoms with van der Waals surface area (Å²) in [6.45, 7) is 13.8. The molecular formula is C37H48Cl2N6O4. The number of piperazine rings is 1. The Morgan fingerprint density at radius 2 is 1.69 bits per heavy atom. The molecule has 0 spiro atoms. The number of aliphatic hydroxyl groups is 1. The maximum absolute atomic E-state index is 12.1. The molecule has 1 aliphatic carbocycles. The first-order chi connectivity index (χ1) is 23.4. The fraction of sp³-hybridized carbons (Fsp3) is 0.541. The minimum Gasteiger partial charge on any atom is -0.444 e. The van der Waals surface area contributed by atoms with Gasteiger partial charge in [0.25, 0.3) is 0 Å². The third-order valence-electron chi connectivity index (χ3n) is 9.56. The average molecular weight is 712 g/mol. The van der Waals surface area contributed by atoms with Crippen molar-refractivity contribution in [3.63, 3.8) is 0 Å². The summed E-state index contributed by atoms with van der Waals surface area (Å²) in [6, 6.07) is 13.4. The van der Waals surface area contributed by atoms with Crippen LogP contribution in [0.25, 0.3) is 11.3 Å². The molecule has 1 aromatic carbocycles. The van der Waals surface area contributed by atoms with E-state index in [-0.39, 0.29) is 18.1 Å². The van der Waals surface area contributed by atoms with Crippen LogP contribution in [-0.2, 0) is 11.3 Å². The summed E-state index contributed by atoms with van der Waals surface area (Å²) in [5.41, 5.74) is 2.24. The number of benzene rings is 1. The fourth-order valence-corrected chi connectivity index (χ4v) is 7.12. The molecule has 1 saturated carbocycles. The lowest BCUT2D eigenvalue weighted by molar-refractivity contribution is 0.0509. The van der Waals surface area contributed by atoms with Crippen LogP contribution < -0.4 is 15.0 Å². The third kappa shape index (κ3) is 10.2. The van der Waals surface area contributed by atoms with E-state index >= 15 is 0 Å². The molecule has 2 aliphatic heterocycles. The number of piperidine rings is 1. The quantitative estimate of drug-likeness (QED) is 0.221. The minimum atomic E-state index is -0.507. The van der Waals surface area contributed by atoms with Crippen molar-refractivity contribution in [1.82, 2.24) is 25.1 Å². The highest BCUT2D eigenvalue weighted by molar-refractivity contribution is 6.35. The molecule has 0 unspecified atom stereocenters. The Labute approximate surface area is 299 Å². The Balaban J connectivity index is 1.09. The van der Waals surface area contributed by atoms with Gasteiger partial charge in [0.15, 0.2) is 0 Å². The van der Waals surface area contributed by atoms with Gasteiger partial charge in [-0.2, -0.15) is 0 Å². The summed E-state index contributed by atoms with van der Waals surface area (Å²) in [5.74, 6) is 2.42. The van der Waals surface area contributed by atoms with Gasteiger partial charge in [-0.1, -0.05) is 23.2 Å². The molecule has 3 aromatic rings. The zero-order valence-corrected chi connectivity index (χ0v) is 30.3. The molecular weight excluding hydrogens is 663 g/mol. The number of ether oxygens (including phenoxy) is 2. The van der Waals surface area contributed by atoms with Crippen molar-refractivity contribution in [3.05, 3.63) is 64.3 Å². The average Bonchev–Trinajstić information content (AvgIpc) is 3.83. The largest absolute Gasteiger partial charge is 0.444 e. The maximum Gasteiger partial charge on any atom is 0.407 e. The van der Waals surface area contributed by atoms with Crippen LogP contribution in [0.3, 0.4) is 0 Å². The summed E-state index contributed by atoms with van der Waals surface area (Å²) in [5, 5.41) is 13.7. The second-order valence-electron chi connectivity index (χ2n) is 14.8. The van der Waals surface area contributed by atoms with Crippen LogP contribution in [0.1, 0.15) is 52.0 Å². The van der Waals surface area contributed by atoms with Crippen molar-refractivity contribution >= 4 is 35.1 Å². The molecule has 264 valence electrons. The first-order valence-corrected chi connectivity index (χ1v) is 18.1. The van der Waals surface area contributed by atoms with E-state index in [1.54, 1.807) is 12.3 Å². The lowest BCUT2D eigenvalue weighted by atomic mass is 9.96. The van der Waals surface area contributed by atoms with Crippen molar-refractivity contribution < 1.29 is 19.4 Å². The number of nitrogens with one attached hydrogen (secondary N) is 1. The number of pyridine rings is 2. The molecule has 1 amide bonds. The molecule has 2 saturated heterocycles. The van der Waals surface area contributed by atoms with Crippen LogP contribution in [0.4, 0.5) is 10.6 Å². The Morgan fingerprint density at radius 1 is 0.980 bits per heavy atom. The second kappa shape index (κ2) is 15.4. The molecule has 3 aliphatic rings. The van der Waals surface area contributed by atoms with E-state index in [1.165, 1.54) is 0 Å². The van der Waals surface area contributed by atoms with Crippen molar-refractivity contribution in [2.45, 2.75) is 58.6 Å². The number of rotatable bonds is 11. The van der Waals surface area contributed by atoms with E-state index in [4.69, 9.17) is 42.6 Å². The van der Waals surface area contributed by atoms with Gasteiger partial charge in [0.05, 0.1) is 11.9 Å². The molecule has 2 N–H and O–H groups in total. The Bertz CT molecular complexity index is 1560. The van der Waals surface area contributed by atoms with E-state index < -0.39 is 5.60 Å². The van der Waals surface area contributed by atoms with Gasteiger partial charge in [-0.3, -0.25) is 9.80 Å². The number of carbonyl (C=O) groups is 1. The van der Waals surface area contributed by atoms with Crippen molar-refractivity contribution in [2.75, 3.05) is 63.9 Å². The van der Waals surface area contributed by atoms with Crippen molar-refractivity contribution in [1.29, 1.82) is 0 Å². The zero-order valence-electron chi connectivity index (χ0n) is 28.8. The summed E-state index contributed by atoms with van der Waals surface area (Å²) >= 11 is 12.7. The van der Waals surface area contributed by atoms with Crippen LogP contribution in [0.2, 0.25) is 10.0 Å². The minimum absolute atomic E-state index is 0.142. The van der Waals surface area contributed by atoms with Crippen LogP contribution in [0.5, 0.6) is 11.6 Å². The predicted octanol–water partition coefficient (Wildman–Crippen LogP) is 6.87. The first kappa shape index (κ1) is 35.7. The van der Waals surface area contributed by atoms with Crippen molar-refractivity contribution in [2.24, 2.45) is 11.3 Å². The number of nitrogens with zero attached hydrogens (tertiary/aromatic N) is 5. The van der Waals surface area contributed by atoms with E-state index in [0.29, 0.717) is 34.1 Å². The molecule has 2 aromatic heterocycles. The highest BCUT2D eigenvalue weighted by Gasteiger charge is 2.43. The van der Waals surface area contributed by atoms with Gasteiger partial charge in [0.1, 0.15) is 17.2 Å². The van der Waals surface area contributed by atoms with Crippen molar-refractivity contribution in [3.8, 4) is 22.9 Å². The number of aromatic nitrogens is 2. The number of hydrogen-bond acceptors (Lipinski definition) is 9. The van der Waals surface area contributed by atoms with E-state index in [0.717, 1.165) is 101 Å². The molecule has 10 nitrogen and oxygen atoms in total. The highest BCUT2D eigenvalue weighted by atomic mass is 35.5. The third-order valence-corrected chi connectivity index (χ3v) is 9.99. The lowest BCUT2D eigenvalue weighted by Crippen LogP contribution is -2.48. The normalized spacial score (nSPS) is 18.7. The van der Waals surface area contributed by atoms with Gasteiger partial charge in [-0.25, -0.2) is 14.8 Å². The summed E-state index contributed by atoms with van der Waals surface area (Å²) in [6.07, 6.45) is 5.63. The molecule has 4 heterocycles. The van der Waals surface area contributed by atoms with Gasteiger partial charge in [0, 0.05) is 79.5 Å². The number of anilines is 1. The Kier molecular flexibility index (Phi) is 11.2. The first-order valence-electron chi connectivity index (χ1n) is 17.3. The second-order valence-corrected chi connectivity index (χ2v) is 15.7. The van der Waals surface area contributed by atoms with Gasteiger partial charge >= 0.3 is 6.09 Å². The van der Waals surface area contributed by atoms with E-state index in [1.807, 2.05) is 51.1 Å². The Morgan fingerprint density at radius 3 is 2.31 bits per heavy atom. The van der Waals surface area contributed by atoms with Gasteiger partial charge in [-0.05, 0) is 107 Å². The maximum atomic E-state index is 12.1. The zero-order chi connectivity index (χ0) is 34.6. The van der Waals surface area contributed by atoms with Crippen LogP contribution in [0.15, 0.2) is 48.7 Å². The molecule has 6 rings (SSSR count). The number of amides is 1. The molecule has 0 atom stereocenters. The van der Waals surface area contributed by atoms with E-state index in [9.17, 15) is 9.90 Å². The van der Waals surface area contributed by atoms with Gasteiger partial charge in [-0.15, -0.1) is 0 Å². The number of aliphatic hydroxyl groups excluding tert-OH is 1. The number of carbonyl (C=O) groups excluding carboxylic acids is 1. The number of hydrogen-bond donors (Lipinski definition) is 2. The van der Waals surface area contributed by atoms with Crippen LogP contribution in [-0.4, -0.2) is 95.5 Å². The molecule has 0 radical (unpaired) electrons. The smallest absolute Gasteiger partial charge is 0.407 e. The summed E-state index contributed by atoms with van der Waals surface area (Å²) < 4.78 is 11.7. The standard InChI is InChI=1S/C37H48Cl2N6O4/c1-36(2,3)49-35(47)41-21-26-6-10-43(11-7-26)23-27-16-32(28-18-29(38)20-30(39)19-28)42-34(17-27)48-31-4-5-33(40-22-31)45-14-12-44(13-15-45)24-37(25-46)8-9-37/h4-5,16-20,22,26,46H,6-15,21,23-25H2,1-3H3,(H,41,47). The van der Waals surface area contributed by atoms with Gasteiger partial charge in [0.2, 0.25) is 5.88 Å². The van der Waals surface area contributed by atoms with E-state index in [2.05, 4.69) is 26.1 Å². The Hall–Kier alpha value is -3.15. The predicted molar refractivity (Wildman–Crippen MR) is 194 cm³/mol. The van der Waals surface area contributed by atoms with Crippen LogP contribution >= 0.6 is 23.2 Å². The number of likely N-dealkylation sites (tertiary alicyclic amines) is 1. The molecule has 49 heavy (non-hydrogen) atoms. The lowest BCUT2D eigenvalue weighted by Gasteiger charge is -2.37. The van der Waals surface area contributed by atoms with Gasteiger partial charge < -0.3 is 24.8 Å². The molecule has 3 fully saturated rings. The van der Waals surface area contributed by atoms with Crippen LogP contribution in [0, 0.1) is 11.3 Å². The summed E-state index contributed by atoms with van der Waals surface area (Å²) in [7, 11) is 0. The number of halogens is 2. The number of alkyl carbamates (subject to hydrolysis) is 1. The monoisotopic (exact) mass is 710 g/mol. The SMILES string of the molecule is CC(C)(C)OC(=O)NCC1CCN(Cc2cc(Oc3ccc(N4CCN(CC5(CO)CC5)CC4)nc3)nc(-c3cc(Cl)cc(Cl)c3)c2)CC1. The highest BCUT2D eigenvalue weighted by Crippen LogP contribution is 2.45. The topological polar surface area (TPSA) is 103 Å². The molecule has 12 heteroatoms.